The molecule has 2 rings (SSSR count). The lowest BCUT2D eigenvalue weighted by molar-refractivity contribution is 0.0782. The maximum atomic E-state index is 12.0. The Hall–Kier alpha value is -0.390. The van der Waals surface area contributed by atoms with E-state index in [1.54, 1.807) is 0 Å². The first kappa shape index (κ1) is 11.1. The minimum Gasteiger partial charge on any atom is -0.396 e. The number of thiophene rings is 1. The highest BCUT2D eigenvalue weighted by Gasteiger charge is 2.26. The number of hydrogen-bond donors (Lipinski definition) is 1. The lowest BCUT2D eigenvalue weighted by atomic mass is 10.1. The van der Waals surface area contributed by atoms with Gasteiger partial charge in [-0.1, -0.05) is 0 Å². The van der Waals surface area contributed by atoms with Crippen molar-refractivity contribution in [1.82, 2.24) is 4.90 Å². The molecule has 3 nitrogen and oxygen atoms in total. The van der Waals surface area contributed by atoms with Gasteiger partial charge < -0.3 is 10.0 Å². The average Bonchev–Trinajstić information content (AvgIpc) is 2.84. The number of hydrogen-bond acceptors (Lipinski definition) is 3. The van der Waals surface area contributed by atoms with E-state index in [1.165, 1.54) is 11.3 Å². The molecule has 0 aromatic carbocycles. The summed E-state index contributed by atoms with van der Waals surface area (Å²) in [4.78, 5) is 13.8. The third-order valence-electron chi connectivity index (χ3n) is 2.65. The van der Waals surface area contributed by atoms with Crippen molar-refractivity contribution >= 4 is 33.2 Å². The monoisotopic (exact) mass is 289 g/mol. The Morgan fingerprint density at radius 3 is 3.07 bits per heavy atom. The molecule has 1 unspecified atom stereocenters. The smallest absolute Gasteiger partial charge is 0.254 e. The predicted molar refractivity (Wildman–Crippen MR) is 63.1 cm³/mol. The normalized spacial score (nSPS) is 20.9. The van der Waals surface area contributed by atoms with Crippen LogP contribution in [0, 0.1) is 5.92 Å². The minimum atomic E-state index is 0.0768. The zero-order valence-electron chi connectivity index (χ0n) is 8.15. The van der Waals surface area contributed by atoms with Gasteiger partial charge in [0.15, 0.2) is 0 Å². The van der Waals surface area contributed by atoms with E-state index < -0.39 is 0 Å². The molecule has 15 heavy (non-hydrogen) atoms. The van der Waals surface area contributed by atoms with Gasteiger partial charge in [-0.25, -0.2) is 0 Å². The number of aliphatic hydroxyl groups is 1. The van der Waals surface area contributed by atoms with Crippen LogP contribution in [0.25, 0.3) is 0 Å². The van der Waals surface area contributed by atoms with Gasteiger partial charge in [-0.05, 0) is 28.4 Å². The Labute approximate surface area is 101 Å². The van der Waals surface area contributed by atoms with E-state index in [-0.39, 0.29) is 18.4 Å². The van der Waals surface area contributed by atoms with Gasteiger partial charge in [-0.3, -0.25) is 4.79 Å². The number of carbonyl (C=O) groups excluding carboxylic acids is 1. The molecule has 1 N–H and O–H groups in total. The summed E-state index contributed by atoms with van der Waals surface area (Å²) in [6.07, 6.45) is 0.910. The average molecular weight is 290 g/mol. The molecule has 82 valence electrons. The highest BCUT2D eigenvalue weighted by atomic mass is 79.9. The molecule has 1 aromatic rings. The van der Waals surface area contributed by atoms with Crippen LogP contribution in [0.15, 0.2) is 15.2 Å². The number of halogens is 1. The van der Waals surface area contributed by atoms with Crippen LogP contribution in [0.4, 0.5) is 0 Å². The molecule has 1 saturated heterocycles. The zero-order chi connectivity index (χ0) is 10.8. The van der Waals surface area contributed by atoms with E-state index in [2.05, 4.69) is 15.9 Å². The highest BCUT2D eigenvalue weighted by molar-refractivity contribution is 9.11. The van der Waals surface area contributed by atoms with Crippen molar-refractivity contribution in [3.63, 3.8) is 0 Å². The molecule has 1 aliphatic rings. The van der Waals surface area contributed by atoms with Gasteiger partial charge in [-0.2, -0.15) is 0 Å². The van der Waals surface area contributed by atoms with Crippen molar-refractivity contribution in [3.8, 4) is 0 Å². The molecule has 1 fully saturated rings. The summed E-state index contributed by atoms with van der Waals surface area (Å²) in [6.45, 7) is 1.62. The van der Waals surface area contributed by atoms with Gasteiger partial charge in [-0.15, -0.1) is 11.3 Å². The third-order valence-corrected chi connectivity index (χ3v) is 4.15. The van der Waals surface area contributed by atoms with E-state index in [0.717, 1.165) is 22.3 Å². The summed E-state index contributed by atoms with van der Waals surface area (Å²) < 4.78 is 0.976. The molecule has 1 aliphatic heterocycles. The first-order chi connectivity index (χ1) is 7.20. The quantitative estimate of drug-likeness (QED) is 0.904. The summed E-state index contributed by atoms with van der Waals surface area (Å²) in [5.41, 5.74) is 0.741. The highest BCUT2D eigenvalue weighted by Crippen LogP contribution is 2.24. The van der Waals surface area contributed by atoms with Crippen LogP contribution in [0.2, 0.25) is 0 Å². The molecule has 0 bridgehead atoms. The van der Waals surface area contributed by atoms with Crippen LogP contribution in [-0.2, 0) is 0 Å². The molecule has 1 atom stereocenters. The number of carbonyl (C=O) groups is 1. The first-order valence-corrected chi connectivity index (χ1v) is 6.52. The van der Waals surface area contributed by atoms with Crippen LogP contribution in [0.3, 0.4) is 0 Å². The lowest BCUT2D eigenvalue weighted by Crippen LogP contribution is -2.28. The van der Waals surface area contributed by atoms with Crippen LogP contribution in [0.1, 0.15) is 16.8 Å². The van der Waals surface area contributed by atoms with Crippen LogP contribution >= 0.6 is 27.3 Å². The Balaban J connectivity index is 2.03. The Bertz CT molecular complexity index is 366. The van der Waals surface area contributed by atoms with E-state index in [1.807, 2.05) is 16.3 Å². The molecule has 1 aromatic heterocycles. The van der Waals surface area contributed by atoms with E-state index in [9.17, 15) is 4.79 Å². The maximum absolute atomic E-state index is 12.0. The molecule has 0 radical (unpaired) electrons. The number of amides is 1. The lowest BCUT2D eigenvalue weighted by Gasteiger charge is -2.14. The number of rotatable bonds is 2. The van der Waals surface area contributed by atoms with Gasteiger partial charge in [0, 0.05) is 31.0 Å². The van der Waals surface area contributed by atoms with Crippen molar-refractivity contribution < 1.29 is 9.90 Å². The standard InChI is InChI=1S/C10H12BrNO2S/c11-9-3-8(6-15-9)10(14)12-2-1-7(4-12)5-13/h3,6-7,13H,1-2,4-5H2. The molecule has 1 amide bonds. The van der Waals surface area contributed by atoms with Gasteiger partial charge in [0.2, 0.25) is 0 Å². The van der Waals surface area contributed by atoms with E-state index in [4.69, 9.17) is 5.11 Å². The Kier molecular flexibility index (Phi) is 3.43. The summed E-state index contributed by atoms with van der Waals surface area (Å²) in [6, 6.07) is 1.85. The fraction of sp³-hybridized carbons (Fsp3) is 0.500. The molecule has 5 heteroatoms. The second-order valence-corrected chi connectivity index (χ2v) is 6.02. The minimum absolute atomic E-state index is 0.0768. The summed E-state index contributed by atoms with van der Waals surface area (Å²) >= 11 is 4.86. The maximum Gasteiger partial charge on any atom is 0.254 e. The van der Waals surface area contributed by atoms with Gasteiger partial charge in [0.25, 0.3) is 5.91 Å². The second-order valence-electron chi connectivity index (χ2n) is 3.73. The van der Waals surface area contributed by atoms with Crippen molar-refractivity contribution in [2.24, 2.45) is 5.92 Å². The number of aliphatic hydroxyl groups excluding tert-OH is 1. The van der Waals surface area contributed by atoms with E-state index in [0.29, 0.717) is 6.54 Å². The Morgan fingerprint density at radius 2 is 2.53 bits per heavy atom. The Morgan fingerprint density at radius 1 is 1.73 bits per heavy atom. The van der Waals surface area contributed by atoms with Crippen molar-refractivity contribution in [3.05, 3.63) is 20.8 Å². The fourth-order valence-electron chi connectivity index (χ4n) is 1.77. The van der Waals surface area contributed by atoms with Crippen LogP contribution in [-0.4, -0.2) is 35.6 Å². The molecule has 0 spiro atoms. The number of nitrogens with zero attached hydrogens (tertiary/aromatic N) is 1. The van der Waals surface area contributed by atoms with Gasteiger partial charge in [0.05, 0.1) is 9.35 Å². The summed E-state index contributed by atoms with van der Waals surface area (Å²) in [7, 11) is 0. The van der Waals surface area contributed by atoms with Crippen LogP contribution in [0.5, 0.6) is 0 Å². The SMILES string of the molecule is O=C(c1csc(Br)c1)N1CCC(CO)C1. The van der Waals surface area contributed by atoms with Crippen LogP contribution < -0.4 is 0 Å². The molecular formula is C10H12BrNO2S. The molecule has 2 heterocycles. The summed E-state index contributed by atoms with van der Waals surface area (Å²) in [5, 5.41) is 10.9. The van der Waals surface area contributed by atoms with Gasteiger partial charge >= 0.3 is 0 Å². The van der Waals surface area contributed by atoms with Crippen molar-refractivity contribution in [2.75, 3.05) is 19.7 Å². The molecular weight excluding hydrogens is 278 g/mol. The third kappa shape index (κ3) is 2.41. The first-order valence-electron chi connectivity index (χ1n) is 4.85. The number of likely N-dealkylation sites (tertiary alicyclic amines) is 1. The molecule has 0 saturated carbocycles. The molecule has 0 aliphatic carbocycles. The second kappa shape index (κ2) is 4.63. The van der Waals surface area contributed by atoms with E-state index >= 15 is 0 Å². The van der Waals surface area contributed by atoms with Gasteiger partial charge in [0.1, 0.15) is 0 Å². The van der Waals surface area contributed by atoms with Crippen molar-refractivity contribution in [1.29, 1.82) is 0 Å². The zero-order valence-corrected chi connectivity index (χ0v) is 10.6. The van der Waals surface area contributed by atoms with Crippen molar-refractivity contribution in [2.45, 2.75) is 6.42 Å². The predicted octanol–water partition coefficient (Wildman–Crippen LogP) is 1.97. The fourth-order valence-corrected chi connectivity index (χ4v) is 2.90. The summed E-state index contributed by atoms with van der Waals surface area (Å²) in [5.74, 6) is 0.337. The largest absolute Gasteiger partial charge is 0.396 e. The topological polar surface area (TPSA) is 40.5 Å².